The third-order valence-electron chi connectivity index (χ3n) is 3.48. The number of aryl methyl sites for hydroxylation is 1. The number of nitrogens with one attached hydrogen (secondary N) is 1. The molecule has 0 spiro atoms. The molecule has 0 saturated heterocycles. The Balaban J connectivity index is 2.05. The van der Waals surface area contributed by atoms with E-state index in [0.717, 1.165) is 23.3 Å². The minimum Gasteiger partial charge on any atom is -0.496 e. The molecule has 0 atom stereocenters. The zero-order chi connectivity index (χ0) is 17.7. The second-order valence-electron chi connectivity index (χ2n) is 5.21. The zero-order valence-corrected chi connectivity index (χ0v) is 14.2. The Labute approximate surface area is 140 Å². The Kier molecular flexibility index (Phi) is 5.53. The van der Waals surface area contributed by atoms with E-state index in [1.165, 1.54) is 12.1 Å². The summed E-state index contributed by atoms with van der Waals surface area (Å²) in [5, 5.41) is 10.6. The first-order chi connectivity index (χ1) is 11.3. The minimum absolute atomic E-state index is 0.00990. The quantitative estimate of drug-likeness (QED) is 0.611. The molecule has 0 amide bonds. The molecule has 0 fully saturated rings. The molecular formula is C16H18N2O5S. The Bertz CT molecular complexity index is 832. The predicted octanol–water partition coefficient (Wildman–Crippen LogP) is 2.43. The Hall–Kier alpha value is -2.45. The fourth-order valence-corrected chi connectivity index (χ4v) is 3.28. The highest BCUT2D eigenvalue weighted by Crippen LogP contribution is 2.20. The lowest BCUT2D eigenvalue weighted by Gasteiger charge is -2.10. The van der Waals surface area contributed by atoms with Crippen molar-refractivity contribution >= 4 is 15.7 Å². The number of sulfonamides is 1. The summed E-state index contributed by atoms with van der Waals surface area (Å²) in [6.07, 6.45) is 0.469. The molecule has 0 aliphatic rings. The molecule has 24 heavy (non-hydrogen) atoms. The summed E-state index contributed by atoms with van der Waals surface area (Å²) in [5.41, 5.74) is 1.81. The van der Waals surface area contributed by atoms with E-state index in [1.54, 1.807) is 7.11 Å². The molecule has 2 aromatic rings. The molecule has 0 bridgehead atoms. The lowest BCUT2D eigenvalue weighted by Crippen LogP contribution is -2.26. The van der Waals surface area contributed by atoms with Crippen LogP contribution >= 0.6 is 0 Å². The lowest BCUT2D eigenvalue weighted by atomic mass is 10.1. The molecule has 2 aromatic carbocycles. The van der Waals surface area contributed by atoms with Crippen LogP contribution in [0.15, 0.2) is 47.4 Å². The van der Waals surface area contributed by atoms with Crippen molar-refractivity contribution in [3.05, 3.63) is 63.7 Å². The largest absolute Gasteiger partial charge is 0.496 e. The van der Waals surface area contributed by atoms with Crippen molar-refractivity contribution < 1.29 is 18.1 Å². The molecule has 0 saturated carbocycles. The maximum absolute atomic E-state index is 12.2. The van der Waals surface area contributed by atoms with Gasteiger partial charge < -0.3 is 4.74 Å². The fourth-order valence-electron chi connectivity index (χ4n) is 2.25. The molecule has 0 aliphatic heterocycles. The van der Waals surface area contributed by atoms with Crippen LogP contribution in [0.4, 0.5) is 5.69 Å². The SMILES string of the molecule is COc1ccc(C)cc1CCNS(=O)(=O)c1ccc([N+](=O)[O-])cc1. The van der Waals surface area contributed by atoms with Gasteiger partial charge in [0.2, 0.25) is 10.0 Å². The van der Waals surface area contributed by atoms with E-state index < -0.39 is 14.9 Å². The number of non-ortho nitro benzene ring substituents is 1. The third kappa shape index (κ3) is 4.30. The van der Waals surface area contributed by atoms with Crippen LogP contribution in [0.1, 0.15) is 11.1 Å². The standard InChI is InChI=1S/C16H18N2O5S/c1-12-3-8-16(23-2)13(11-12)9-10-17-24(21,22)15-6-4-14(5-7-15)18(19)20/h3-8,11,17H,9-10H2,1-2H3. The average molecular weight is 350 g/mol. The highest BCUT2D eigenvalue weighted by atomic mass is 32.2. The van der Waals surface area contributed by atoms with Gasteiger partial charge in [-0.1, -0.05) is 17.7 Å². The van der Waals surface area contributed by atoms with Gasteiger partial charge in [-0.3, -0.25) is 10.1 Å². The van der Waals surface area contributed by atoms with Gasteiger partial charge in [-0.05, 0) is 37.1 Å². The van der Waals surface area contributed by atoms with Crippen molar-refractivity contribution in [2.24, 2.45) is 0 Å². The average Bonchev–Trinajstić information content (AvgIpc) is 2.55. The van der Waals surface area contributed by atoms with Gasteiger partial charge >= 0.3 is 0 Å². The predicted molar refractivity (Wildman–Crippen MR) is 89.7 cm³/mol. The maximum Gasteiger partial charge on any atom is 0.269 e. The van der Waals surface area contributed by atoms with Crippen molar-refractivity contribution in [2.75, 3.05) is 13.7 Å². The van der Waals surface area contributed by atoms with Gasteiger partial charge in [-0.15, -0.1) is 0 Å². The van der Waals surface area contributed by atoms with Crippen LogP contribution in [0.3, 0.4) is 0 Å². The molecule has 2 rings (SSSR count). The van der Waals surface area contributed by atoms with Gasteiger partial charge in [0.05, 0.1) is 16.9 Å². The first-order valence-electron chi connectivity index (χ1n) is 7.21. The number of nitro benzene ring substituents is 1. The molecule has 0 aromatic heterocycles. The van der Waals surface area contributed by atoms with E-state index in [-0.39, 0.29) is 17.1 Å². The minimum atomic E-state index is -3.72. The van der Waals surface area contributed by atoms with Gasteiger partial charge in [0.15, 0.2) is 0 Å². The zero-order valence-electron chi connectivity index (χ0n) is 13.4. The second-order valence-corrected chi connectivity index (χ2v) is 6.98. The van der Waals surface area contributed by atoms with Crippen molar-refractivity contribution in [2.45, 2.75) is 18.2 Å². The van der Waals surface area contributed by atoms with Crippen molar-refractivity contribution in [1.29, 1.82) is 0 Å². The number of nitrogens with zero attached hydrogens (tertiary/aromatic N) is 1. The Morgan fingerprint density at radius 1 is 1.17 bits per heavy atom. The molecule has 8 heteroatoms. The molecule has 0 aliphatic carbocycles. The van der Waals surface area contributed by atoms with Crippen LogP contribution in [-0.2, 0) is 16.4 Å². The highest BCUT2D eigenvalue weighted by Gasteiger charge is 2.15. The number of benzene rings is 2. The Morgan fingerprint density at radius 3 is 2.42 bits per heavy atom. The number of methoxy groups -OCH3 is 1. The summed E-state index contributed by atoms with van der Waals surface area (Å²) in [6, 6.07) is 10.5. The van der Waals surface area contributed by atoms with Crippen LogP contribution in [0.2, 0.25) is 0 Å². The maximum atomic E-state index is 12.2. The van der Waals surface area contributed by atoms with E-state index in [1.807, 2.05) is 25.1 Å². The van der Waals surface area contributed by atoms with Gasteiger partial charge in [-0.2, -0.15) is 0 Å². The number of nitro groups is 1. The van der Waals surface area contributed by atoms with Gasteiger partial charge in [0.25, 0.3) is 5.69 Å². The monoisotopic (exact) mass is 350 g/mol. The summed E-state index contributed by atoms with van der Waals surface area (Å²) in [5.74, 6) is 0.704. The highest BCUT2D eigenvalue weighted by molar-refractivity contribution is 7.89. The summed E-state index contributed by atoms with van der Waals surface area (Å²) in [7, 11) is -2.15. The molecule has 1 N–H and O–H groups in total. The summed E-state index contributed by atoms with van der Waals surface area (Å²) in [6.45, 7) is 2.14. The van der Waals surface area contributed by atoms with E-state index >= 15 is 0 Å². The molecular weight excluding hydrogens is 332 g/mol. The van der Waals surface area contributed by atoms with Gasteiger partial charge in [0.1, 0.15) is 5.75 Å². The third-order valence-corrected chi connectivity index (χ3v) is 4.96. The lowest BCUT2D eigenvalue weighted by molar-refractivity contribution is -0.384. The Morgan fingerprint density at radius 2 is 1.83 bits per heavy atom. The fraction of sp³-hybridized carbons (Fsp3) is 0.250. The van der Waals surface area contributed by atoms with E-state index in [0.29, 0.717) is 12.2 Å². The molecule has 7 nitrogen and oxygen atoms in total. The first kappa shape index (κ1) is 17.9. The molecule has 0 radical (unpaired) electrons. The van der Waals surface area contributed by atoms with E-state index in [2.05, 4.69) is 4.72 Å². The van der Waals surface area contributed by atoms with E-state index in [9.17, 15) is 18.5 Å². The summed E-state index contributed by atoms with van der Waals surface area (Å²) < 4.78 is 32.2. The molecule has 0 unspecified atom stereocenters. The van der Waals surface area contributed by atoms with Crippen molar-refractivity contribution in [3.63, 3.8) is 0 Å². The van der Waals surface area contributed by atoms with E-state index in [4.69, 9.17) is 4.74 Å². The smallest absolute Gasteiger partial charge is 0.269 e. The van der Waals surface area contributed by atoms with Crippen LogP contribution in [0.5, 0.6) is 5.75 Å². The molecule has 128 valence electrons. The van der Waals surface area contributed by atoms with Crippen LogP contribution in [0.25, 0.3) is 0 Å². The normalized spacial score (nSPS) is 11.2. The number of hydrogen-bond donors (Lipinski definition) is 1. The summed E-state index contributed by atoms with van der Waals surface area (Å²) in [4.78, 5) is 10.0. The summed E-state index contributed by atoms with van der Waals surface area (Å²) >= 11 is 0. The number of ether oxygens (including phenoxy) is 1. The number of hydrogen-bond acceptors (Lipinski definition) is 5. The van der Waals surface area contributed by atoms with Crippen molar-refractivity contribution in [3.8, 4) is 5.75 Å². The van der Waals surface area contributed by atoms with Crippen LogP contribution in [0, 0.1) is 17.0 Å². The van der Waals surface area contributed by atoms with Crippen molar-refractivity contribution in [1.82, 2.24) is 4.72 Å². The first-order valence-corrected chi connectivity index (χ1v) is 8.69. The van der Waals surface area contributed by atoms with Gasteiger partial charge in [0, 0.05) is 18.7 Å². The van der Waals surface area contributed by atoms with Crippen LogP contribution in [-0.4, -0.2) is 27.0 Å². The second kappa shape index (κ2) is 7.41. The number of rotatable bonds is 7. The topological polar surface area (TPSA) is 98.5 Å². The molecule has 0 heterocycles. The van der Waals surface area contributed by atoms with Gasteiger partial charge in [-0.25, -0.2) is 13.1 Å². The van der Waals surface area contributed by atoms with Crippen LogP contribution < -0.4 is 9.46 Å².